The van der Waals surface area contributed by atoms with Gasteiger partial charge >= 0.3 is 0 Å². The summed E-state index contributed by atoms with van der Waals surface area (Å²) in [6.07, 6.45) is 0. The van der Waals surface area contributed by atoms with E-state index in [2.05, 4.69) is 4.98 Å². The molecule has 0 bridgehead atoms. The van der Waals surface area contributed by atoms with Crippen LogP contribution in [0.25, 0.3) is 0 Å². The van der Waals surface area contributed by atoms with Gasteiger partial charge in [-0.15, -0.1) is 0 Å². The average Bonchev–Trinajstić information content (AvgIpc) is 2.71. The van der Waals surface area contributed by atoms with Crippen molar-refractivity contribution in [3.63, 3.8) is 0 Å². The Balaban J connectivity index is 1.90. The van der Waals surface area contributed by atoms with Crippen molar-refractivity contribution in [2.45, 2.75) is 6.54 Å². The van der Waals surface area contributed by atoms with Gasteiger partial charge in [-0.05, 0) is 18.2 Å². The van der Waals surface area contributed by atoms with E-state index in [1.807, 2.05) is 24.3 Å². The van der Waals surface area contributed by atoms with Crippen molar-refractivity contribution in [1.29, 1.82) is 0 Å². The molecule has 0 aliphatic carbocycles. The highest BCUT2D eigenvalue weighted by atomic mass is 35.5. The van der Waals surface area contributed by atoms with Gasteiger partial charge in [-0.2, -0.15) is 0 Å². The van der Waals surface area contributed by atoms with Gasteiger partial charge in [0.25, 0.3) is 5.91 Å². The number of fused-ring (bicyclic) bond motifs is 1. The van der Waals surface area contributed by atoms with Crippen LogP contribution in [0.15, 0.2) is 36.4 Å². The standard InChI is InChI=1S/C15H14ClN3O2/c16-11-5-6-13(17)18-14(11)15(20)19-7-8-21-12-4-2-1-3-10(12)9-19/h1-6H,7-9H2,(H2,17,18). The minimum absolute atomic E-state index is 0.177. The predicted octanol–water partition coefficient (Wildman–Crippen LogP) is 2.35. The van der Waals surface area contributed by atoms with Crippen molar-refractivity contribution in [2.75, 3.05) is 18.9 Å². The number of hydrogen-bond donors (Lipinski definition) is 1. The van der Waals surface area contributed by atoms with Gasteiger partial charge < -0.3 is 15.4 Å². The molecule has 1 aliphatic rings. The van der Waals surface area contributed by atoms with Gasteiger partial charge in [0.15, 0.2) is 0 Å². The second kappa shape index (κ2) is 5.61. The van der Waals surface area contributed by atoms with Crippen LogP contribution in [0.3, 0.4) is 0 Å². The number of para-hydroxylation sites is 1. The number of aromatic nitrogens is 1. The van der Waals surface area contributed by atoms with Crippen LogP contribution in [0.2, 0.25) is 5.02 Å². The molecular weight excluding hydrogens is 290 g/mol. The monoisotopic (exact) mass is 303 g/mol. The molecule has 0 saturated carbocycles. The molecule has 21 heavy (non-hydrogen) atoms. The van der Waals surface area contributed by atoms with E-state index in [1.54, 1.807) is 17.0 Å². The molecule has 1 amide bonds. The molecule has 1 aromatic heterocycles. The lowest BCUT2D eigenvalue weighted by Gasteiger charge is -2.20. The third kappa shape index (κ3) is 2.78. The van der Waals surface area contributed by atoms with E-state index in [0.717, 1.165) is 11.3 Å². The quantitative estimate of drug-likeness (QED) is 0.878. The van der Waals surface area contributed by atoms with Crippen LogP contribution in [0.5, 0.6) is 5.75 Å². The number of anilines is 1. The first-order valence-electron chi connectivity index (χ1n) is 6.57. The van der Waals surface area contributed by atoms with Gasteiger partial charge in [-0.25, -0.2) is 4.98 Å². The maximum Gasteiger partial charge on any atom is 0.274 e. The minimum atomic E-state index is -0.243. The summed E-state index contributed by atoms with van der Waals surface area (Å²) < 4.78 is 5.65. The fourth-order valence-corrected chi connectivity index (χ4v) is 2.44. The number of carbonyl (C=O) groups excluding carboxylic acids is 1. The minimum Gasteiger partial charge on any atom is -0.491 e. The Bertz CT molecular complexity index is 690. The van der Waals surface area contributed by atoms with Crippen molar-refractivity contribution in [3.8, 4) is 5.75 Å². The normalized spacial score (nSPS) is 14.0. The van der Waals surface area contributed by atoms with E-state index in [-0.39, 0.29) is 17.4 Å². The van der Waals surface area contributed by atoms with E-state index in [9.17, 15) is 4.79 Å². The molecular formula is C15H14ClN3O2. The number of ether oxygens (including phenoxy) is 1. The van der Waals surface area contributed by atoms with Crippen molar-refractivity contribution in [1.82, 2.24) is 9.88 Å². The highest BCUT2D eigenvalue weighted by Gasteiger charge is 2.23. The summed E-state index contributed by atoms with van der Waals surface area (Å²) in [6, 6.07) is 10.8. The Kier molecular flexibility index (Phi) is 3.66. The van der Waals surface area contributed by atoms with Crippen molar-refractivity contribution < 1.29 is 9.53 Å². The Morgan fingerprint density at radius 3 is 2.95 bits per heavy atom. The topological polar surface area (TPSA) is 68.5 Å². The average molecular weight is 304 g/mol. The lowest BCUT2D eigenvalue weighted by molar-refractivity contribution is 0.0727. The number of nitrogens with zero attached hydrogens (tertiary/aromatic N) is 2. The third-order valence-electron chi connectivity index (χ3n) is 3.31. The molecule has 3 rings (SSSR count). The number of nitrogens with two attached hydrogens (primary N) is 1. The summed E-state index contributed by atoms with van der Waals surface area (Å²) in [4.78, 5) is 18.3. The summed E-state index contributed by atoms with van der Waals surface area (Å²) >= 11 is 6.05. The van der Waals surface area contributed by atoms with E-state index < -0.39 is 0 Å². The number of rotatable bonds is 1. The largest absolute Gasteiger partial charge is 0.491 e. The highest BCUT2D eigenvalue weighted by molar-refractivity contribution is 6.33. The van der Waals surface area contributed by atoms with Gasteiger partial charge in [-0.1, -0.05) is 29.8 Å². The molecule has 6 heteroatoms. The van der Waals surface area contributed by atoms with E-state index in [4.69, 9.17) is 22.1 Å². The molecule has 108 valence electrons. The maximum atomic E-state index is 12.6. The molecule has 0 spiro atoms. The van der Waals surface area contributed by atoms with Crippen LogP contribution in [0, 0.1) is 0 Å². The highest BCUT2D eigenvalue weighted by Crippen LogP contribution is 2.24. The van der Waals surface area contributed by atoms with Crippen LogP contribution < -0.4 is 10.5 Å². The number of amides is 1. The second-order valence-electron chi connectivity index (χ2n) is 4.75. The molecule has 2 N–H and O–H groups in total. The smallest absolute Gasteiger partial charge is 0.274 e. The fraction of sp³-hybridized carbons (Fsp3) is 0.200. The summed E-state index contributed by atoms with van der Waals surface area (Å²) in [5.74, 6) is 0.834. The van der Waals surface area contributed by atoms with Gasteiger partial charge in [0.05, 0.1) is 11.6 Å². The van der Waals surface area contributed by atoms with Crippen molar-refractivity contribution >= 4 is 23.3 Å². The van der Waals surface area contributed by atoms with E-state index in [1.165, 1.54) is 0 Å². The van der Waals surface area contributed by atoms with Crippen LogP contribution >= 0.6 is 11.6 Å². The Morgan fingerprint density at radius 2 is 2.10 bits per heavy atom. The molecule has 2 heterocycles. The molecule has 0 unspecified atom stereocenters. The van der Waals surface area contributed by atoms with Gasteiger partial charge in [0.2, 0.25) is 0 Å². The first-order chi connectivity index (χ1) is 10.1. The first-order valence-corrected chi connectivity index (χ1v) is 6.95. The molecule has 2 aromatic rings. The number of pyridine rings is 1. The van der Waals surface area contributed by atoms with Crippen molar-refractivity contribution in [3.05, 3.63) is 52.7 Å². The Morgan fingerprint density at radius 1 is 1.29 bits per heavy atom. The number of carbonyl (C=O) groups is 1. The molecule has 1 aliphatic heterocycles. The lowest BCUT2D eigenvalue weighted by Crippen LogP contribution is -2.33. The number of hydrogen-bond acceptors (Lipinski definition) is 4. The van der Waals surface area contributed by atoms with E-state index >= 15 is 0 Å². The fourth-order valence-electron chi connectivity index (χ4n) is 2.26. The maximum absolute atomic E-state index is 12.6. The summed E-state index contributed by atoms with van der Waals surface area (Å²) in [5, 5.41) is 0.299. The zero-order valence-electron chi connectivity index (χ0n) is 11.3. The molecule has 0 fully saturated rings. The molecule has 0 radical (unpaired) electrons. The number of nitrogen functional groups attached to an aromatic ring is 1. The molecule has 0 saturated heterocycles. The number of benzene rings is 1. The molecule has 0 atom stereocenters. The van der Waals surface area contributed by atoms with Crippen LogP contribution in [0.1, 0.15) is 16.1 Å². The van der Waals surface area contributed by atoms with E-state index in [0.29, 0.717) is 24.7 Å². The summed E-state index contributed by atoms with van der Waals surface area (Å²) in [6.45, 7) is 1.37. The number of halogens is 1. The summed E-state index contributed by atoms with van der Waals surface area (Å²) in [7, 11) is 0. The Labute approximate surface area is 127 Å². The Hall–Kier alpha value is -2.27. The predicted molar refractivity (Wildman–Crippen MR) is 80.3 cm³/mol. The van der Waals surface area contributed by atoms with Crippen molar-refractivity contribution in [2.24, 2.45) is 0 Å². The lowest BCUT2D eigenvalue weighted by atomic mass is 10.2. The van der Waals surface area contributed by atoms with Gasteiger partial charge in [0.1, 0.15) is 23.9 Å². The van der Waals surface area contributed by atoms with Crippen LogP contribution in [-0.2, 0) is 6.54 Å². The van der Waals surface area contributed by atoms with Crippen LogP contribution in [-0.4, -0.2) is 28.9 Å². The zero-order chi connectivity index (χ0) is 14.8. The first kappa shape index (κ1) is 13.7. The third-order valence-corrected chi connectivity index (χ3v) is 3.61. The van der Waals surface area contributed by atoms with Gasteiger partial charge in [0, 0.05) is 12.1 Å². The SMILES string of the molecule is Nc1ccc(Cl)c(C(=O)N2CCOc3ccccc3C2)n1. The van der Waals surface area contributed by atoms with Crippen LogP contribution in [0.4, 0.5) is 5.82 Å². The summed E-state index contributed by atoms with van der Waals surface area (Å²) in [5.41, 5.74) is 6.78. The zero-order valence-corrected chi connectivity index (χ0v) is 12.0. The van der Waals surface area contributed by atoms with Gasteiger partial charge in [-0.3, -0.25) is 4.79 Å². The molecule has 5 nitrogen and oxygen atoms in total. The molecule has 1 aromatic carbocycles. The second-order valence-corrected chi connectivity index (χ2v) is 5.16.